The van der Waals surface area contributed by atoms with Crippen molar-refractivity contribution in [1.82, 2.24) is 0 Å². The predicted octanol–water partition coefficient (Wildman–Crippen LogP) is 23.1. The van der Waals surface area contributed by atoms with Crippen molar-refractivity contribution in [3.8, 4) is 0 Å². The number of aliphatic hydroxyl groups is 1. The fourth-order valence-corrected chi connectivity index (χ4v) is 12.0. The second-order valence-corrected chi connectivity index (χ2v) is 29.2. The summed E-state index contributed by atoms with van der Waals surface area (Å²) in [6.45, 7) is 4.57. The van der Waals surface area contributed by atoms with Crippen LogP contribution in [0.25, 0.3) is 0 Å². The first kappa shape index (κ1) is 97.5. The number of aliphatic hydroxyl groups excluding tert-OH is 1. The van der Waals surface area contributed by atoms with Crippen LogP contribution in [0.15, 0.2) is 122 Å². The monoisotopic (exact) mass is 1470 g/mol. The fourth-order valence-electron chi connectivity index (χ4n) is 10.4. The molecule has 102 heavy (non-hydrogen) atoms. The smallest absolute Gasteiger partial charge is 0.462 e. The van der Waals surface area contributed by atoms with Gasteiger partial charge in [0.15, 0.2) is 12.2 Å². The van der Waals surface area contributed by atoms with Gasteiger partial charge < -0.3 is 33.8 Å². The Morgan fingerprint density at radius 1 is 0.284 bits per heavy atom. The highest BCUT2D eigenvalue weighted by molar-refractivity contribution is 7.47. The first-order valence-electron chi connectivity index (χ1n) is 39.8. The lowest BCUT2D eigenvalue weighted by Crippen LogP contribution is -2.30. The molecular formula is C83H142O17P2. The van der Waals surface area contributed by atoms with E-state index >= 15 is 0 Å². The molecule has 0 aliphatic heterocycles. The van der Waals surface area contributed by atoms with Crippen molar-refractivity contribution < 1.29 is 80.2 Å². The number of unbranched alkanes of at least 4 members (excludes halogenated alkanes) is 28. The van der Waals surface area contributed by atoms with Gasteiger partial charge in [0.2, 0.25) is 0 Å². The van der Waals surface area contributed by atoms with Crippen LogP contribution in [-0.2, 0) is 65.4 Å². The van der Waals surface area contributed by atoms with Gasteiger partial charge in [-0.3, -0.25) is 37.3 Å². The Morgan fingerprint density at radius 3 is 0.824 bits per heavy atom. The molecular weight excluding hydrogens is 1330 g/mol. The van der Waals surface area contributed by atoms with E-state index in [1.807, 2.05) is 0 Å². The molecule has 0 aliphatic carbocycles. The third-order valence-electron chi connectivity index (χ3n) is 16.4. The van der Waals surface area contributed by atoms with E-state index in [1.54, 1.807) is 0 Å². The van der Waals surface area contributed by atoms with Crippen molar-refractivity contribution in [3.05, 3.63) is 122 Å². The lowest BCUT2D eigenvalue weighted by molar-refractivity contribution is -0.161. The Kier molecular flexibility index (Phi) is 71.4. The SMILES string of the molecule is CC/C=C\C/C=C\C/C=C\C/C=C\C/C=C\CCCCCC(=O)OCC(COP(=O)(O)OCC(O)COP(=O)(O)OCC(COC(=O)CCCCCCC/C=C\CCCCCCCC)OC(=O)CCCCCCCCCCCCCCC)OC(=O)CCCC/C=C\C/C=C\C/C=C\C/C=C\CC. The molecule has 0 aromatic heterocycles. The minimum Gasteiger partial charge on any atom is -0.462 e. The van der Waals surface area contributed by atoms with Crippen LogP contribution in [0.1, 0.15) is 323 Å². The molecule has 17 nitrogen and oxygen atoms in total. The zero-order valence-electron chi connectivity index (χ0n) is 64.0. The molecule has 0 aromatic rings. The van der Waals surface area contributed by atoms with Gasteiger partial charge in [0.25, 0.3) is 0 Å². The van der Waals surface area contributed by atoms with Gasteiger partial charge in [0.05, 0.1) is 26.4 Å². The maximum Gasteiger partial charge on any atom is 0.472 e. The van der Waals surface area contributed by atoms with Gasteiger partial charge in [-0.1, -0.05) is 284 Å². The van der Waals surface area contributed by atoms with E-state index in [0.29, 0.717) is 32.1 Å². The van der Waals surface area contributed by atoms with E-state index in [-0.39, 0.29) is 25.7 Å². The van der Waals surface area contributed by atoms with Crippen LogP contribution in [0.2, 0.25) is 0 Å². The fraction of sp³-hybridized carbons (Fsp3) is 0.711. The summed E-state index contributed by atoms with van der Waals surface area (Å²) in [5.41, 5.74) is 0. The van der Waals surface area contributed by atoms with E-state index in [2.05, 4.69) is 149 Å². The molecule has 5 atom stereocenters. The average molecular weight is 1470 g/mol. The quantitative estimate of drug-likeness (QED) is 0.0169. The number of phosphoric acid groups is 2. The standard InChI is InChI=1S/C83H142O17P2/c1-5-9-13-17-21-25-29-33-36-37-38-39-42-45-48-52-56-60-64-68-81(86)94-74-79(100-83(88)70-66-62-58-54-50-46-41-35-31-27-23-19-15-11-7-3)76-98-102(91,92)96-72-77(84)71-95-101(89,90)97-75-78(99-82(87)69-65-61-57-53-49-43-32-28-24-20-16-12-8-4)73-93-80(85)67-63-59-55-51-47-44-40-34-30-26-22-18-14-10-6-2/h9,11,13,15,21,23,25,27,33-36,38-41,45,48,50,54,77-79,84H,5-8,10,12,14,16-20,22,24,26,28-32,37,42-44,46-47,49,51-53,55-76H2,1-4H3,(H,89,90)(H,91,92)/b13-9-,15-11-,25-21-,27-23-,36-33-,39-38-,40-34-,41-35-,48-45-,54-50-. The highest BCUT2D eigenvalue weighted by Gasteiger charge is 2.30. The summed E-state index contributed by atoms with van der Waals surface area (Å²) in [6.07, 6.45) is 81.8. The third kappa shape index (κ3) is 73.8. The highest BCUT2D eigenvalue weighted by atomic mass is 31.2. The van der Waals surface area contributed by atoms with Crippen LogP contribution in [0.5, 0.6) is 0 Å². The number of carbonyl (C=O) groups is 4. The zero-order valence-corrected chi connectivity index (χ0v) is 65.8. The summed E-state index contributed by atoms with van der Waals surface area (Å²) in [6, 6.07) is 0. The Labute approximate surface area is 619 Å². The van der Waals surface area contributed by atoms with E-state index in [1.165, 1.54) is 89.9 Å². The Balaban J connectivity index is 5.41. The summed E-state index contributed by atoms with van der Waals surface area (Å²) in [5.74, 6) is -2.26. The van der Waals surface area contributed by atoms with Crippen LogP contribution in [0, 0.1) is 0 Å². The molecule has 0 rings (SSSR count). The van der Waals surface area contributed by atoms with Crippen LogP contribution in [0.3, 0.4) is 0 Å². The van der Waals surface area contributed by atoms with Gasteiger partial charge in [-0.15, -0.1) is 0 Å². The second kappa shape index (κ2) is 74.7. The number of allylic oxidation sites excluding steroid dienone is 20. The number of carbonyl (C=O) groups excluding carboxylic acids is 4. The van der Waals surface area contributed by atoms with Crippen molar-refractivity contribution in [2.75, 3.05) is 39.6 Å². The maximum absolute atomic E-state index is 13.1. The van der Waals surface area contributed by atoms with Gasteiger partial charge in [-0.25, -0.2) is 9.13 Å². The molecule has 586 valence electrons. The molecule has 0 radical (unpaired) electrons. The van der Waals surface area contributed by atoms with Gasteiger partial charge >= 0.3 is 39.5 Å². The van der Waals surface area contributed by atoms with Gasteiger partial charge in [0, 0.05) is 25.7 Å². The molecule has 0 bridgehead atoms. The summed E-state index contributed by atoms with van der Waals surface area (Å²) in [7, 11) is -9.98. The summed E-state index contributed by atoms with van der Waals surface area (Å²) in [5, 5.41) is 10.6. The summed E-state index contributed by atoms with van der Waals surface area (Å²) < 4.78 is 68.5. The number of hydrogen-bond acceptors (Lipinski definition) is 15. The molecule has 5 unspecified atom stereocenters. The third-order valence-corrected chi connectivity index (χ3v) is 18.3. The molecule has 0 spiro atoms. The number of esters is 4. The molecule has 0 heterocycles. The van der Waals surface area contributed by atoms with E-state index in [9.17, 15) is 43.2 Å². The molecule has 0 saturated heterocycles. The first-order chi connectivity index (χ1) is 49.7. The van der Waals surface area contributed by atoms with Gasteiger partial charge in [-0.2, -0.15) is 0 Å². The normalized spacial score (nSPS) is 14.5. The molecule has 0 aliphatic rings. The molecule has 0 saturated carbocycles. The van der Waals surface area contributed by atoms with Crippen LogP contribution in [-0.4, -0.2) is 96.7 Å². The Bertz CT molecular complexity index is 2410. The first-order valence-corrected chi connectivity index (χ1v) is 42.8. The lowest BCUT2D eigenvalue weighted by atomic mass is 10.0. The van der Waals surface area contributed by atoms with E-state index < -0.39 is 97.5 Å². The number of rotatable bonds is 74. The molecule has 19 heteroatoms. The summed E-state index contributed by atoms with van der Waals surface area (Å²) >= 11 is 0. The van der Waals surface area contributed by atoms with Crippen molar-refractivity contribution in [3.63, 3.8) is 0 Å². The van der Waals surface area contributed by atoms with Crippen LogP contribution < -0.4 is 0 Å². The van der Waals surface area contributed by atoms with E-state index in [4.69, 9.17) is 37.0 Å². The maximum atomic E-state index is 13.1. The number of ether oxygens (including phenoxy) is 4. The summed E-state index contributed by atoms with van der Waals surface area (Å²) in [4.78, 5) is 73.0. The highest BCUT2D eigenvalue weighted by Crippen LogP contribution is 2.45. The van der Waals surface area contributed by atoms with E-state index in [0.717, 1.165) is 148 Å². The van der Waals surface area contributed by atoms with Gasteiger partial charge in [0.1, 0.15) is 19.3 Å². The molecule has 3 N–H and O–H groups in total. The minimum absolute atomic E-state index is 0.0326. The topological polar surface area (TPSA) is 237 Å². The largest absolute Gasteiger partial charge is 0.472 e. The Hall–Kier alpha value is -4.54. The second-order valence-electron chi connectivity index (χ2n) is 26.2. The average Bonchev–Trinajstić information content (AvgIpc) is 0.924. The molecule has 0 aromatic carbocycles. The van der Waals surface area contributed by atoms with Crippen molar-refractivity contribution in [2.24, 2.45) is 0 Å². The van der Waals surface area contributed by atoms with Gasteiger partial charge in [-0.05, 0) is 135 Å². The van der Waals surface area contributed by atoms with Crippen molar-refractivity contribution in [2.45, 2.75) is 341 Å². The lowest BCUT2D eigenvalue weighted by Gasteiger charge is -2.21. The van der Waals surface area contributed by atoms with Crippen LogP contribution in [0.4, 0.5) is 0 Å². The van der Waals surface area contributed by atoms with Crippen molar-refractivity contribution >= 4 is 39.5 Å². The minimum atomic E-state index is -5.00. The van der Waals surface area contributed by atoms with Crippen molar-refractivity contribution in [1.29, 1.82) is 0 Å². The number of phosphoric ester groups is 2. The Morgan fingerprint density at radius 2 is 0.510 bits per heavy atom. The zero-order chi connectivity index (χ0) is 74.6. The van der Waals surface area contributed by atoms with Crippen LogP contribution >= 0.6 is 15.6 Å². The number of hydrogen-bond donors (Lipinski definition) is 3. The predicted molar refractivity (Wildman–Crippen MR) is 418 cm³/mol. The molecule has 0 fully saturated rings. The molecule has 0 amide bonds.